The Balaban J connectivity index is 3.44. The van der Waals surface area contributed by atoms with Crippen LogP contribution < -0.4 is 16.4 Å². The van der Waals surface area contributed by atoms with Gasteiger partial charge < -0.3 is 16.4 Å². The van der Waals surface area contributed by atoms with Crippen molar-refractivity contribution >= 4 is 5.91 Å². The molecule has 0 spiro atoms. The van der Waals surface area contributed by atoms with Crippen molar-refractivity contribution in [2.75, 3.05) is 20.1 Å². The molecule has 108 valence electrons. The lowest BCUT2D eigenvalue weighted by Gasteiger charge is -2.12. The van der Waals surface area contributed by atoms with Crippen molar-refractivity contribution in [2.45, 2.75) is 58.4 Å². The van der Waals surface area contributed by atoms with Crippen molar-refractivity contribution in [3.8, 4) is 0 Å². The van der Waals surface area contributed by atoms with Crippen molar-refractivity contribution in [1.29, 1.82) is 0 Å². The summed E-state index contributed by atoms with van der Waals surface area (Å²) in [6.45, 7) is 6.19. The van der Waals surface area contributed by atoms with E-state index in [1.165, 1.54) is 12.8 Å². The molecule has 0 rings (SSSR count). The minimum Gasteiger partial charge on any atom is -0.355 e. The number of nitrogens with one attached hydrogen (secondary N) is 2. The van der Waals surface area contributed by atoms with E-state index in [1.54, 1.807) is 0 Å². The summed E-state index contributed by atoms with van der Waals surface area (Å²) < 4.78 is 0. The summed E-state index contributed by atoms with van der Waals surface area (Å²) in [7, 11) is 1.93. The first-order valence-corrected chi connectivity index (χ1v) is 7.25. The first-order valence-electron chi connectivity index (χ1n) is 7.25. The quantitative estimate of drug-likeness (QED) is 0.493. The molecule has 4 N–H and O–H groups in total. The van der Waals surface area contributed by atoms with Gasteiger partial charge in [-0.1, -0.05) is 33.1 Å². The summed E-state index contributed by atoms with van der Waals surface area (Å²) in [5.74, 6) is 0.749. The van der Waals surface area contributed by atoms with Crippen LogP contribution in [0, 0.1) is 5.92 Å². The number of hydrogen-bond acceptors (Lipinski definition) is 3. The topological polar surface area (TPSA) is 67.1 Å². The molecule has 4 nitrogen and oxygen atoms in total. The van der Waals surface area contributed by atoms with Gasteiger partial charge in [0.15, 0.2) is 0 Å². The van der Waals surface area contributed by atoms with E-state index in [9.17, 15) is 4.79 Å². The van der Waals surface area contributed by atoms with Crippen LogP contribution in [0.2, 0.25) is 0 Å². The molecule has 0 aromatic heterocycles. The van der Waals surface area contributed by atoms with Crippen LogP contribution in [0.1, 0.15) is 52.4 Å². The van der Waals surface area contributed by atoms with E-state index < -0.39 is 0 Å². The predicted molar refractivity (Wildman–Crippen MR) is 77.5 cm³/mol. The molecule has 0 aliphatic rings. The molecule has 0 bridgehead atoms. The molecular weight excluding hydrogens is 226 g/mol. The predicted octanol–water partition coefficient (Wildman–Crippen LogP) is 1.65. The van der Waals surface area contributed by atoms with Crippen molar-refractivity contribution in [2.24, 2.45) is 11.7 Å². The third-order valence-electron chi connectivity index (χ3n) is 3.04. The largest absolute Gasteiger partial charge is 0.355 e. The number of amides is 1. The fourth-order valence-electron chi connectivity index (χ4n) is 1.82. The van der Waals surface area contributed by atoms with Crippen molar-refractivity contribution < 1.29 is 4.79 Å². The SMILES string of the molecule is CNCCCC[C@@H](N)C(=O)NCCCCC(C)C. The van der Waals surface area contributed by atoms with Gasteiger partial charge in [-0.15, -0.1) is 0 Å². The van der Waals surface area contributed by atoms with Gasteiger partial charge in [0.2, 0.25) is 5.91 Å². The highest BCUT2D eigenvalue weighted by Crippen LogP contribution is 2.05. The lowest BCUT2D eigenvalue weighted by Crippen LogP contribution is -2.40. The first kappa shape index (κ1) is 17.4. The Morgan fingerprint density at radius 2 is 1.67 bits per heavy atom. The average molecular weight is 257 g/mol. The van der Waals surface area contributed by atoms with Gasteiger partial charge in [0.1, 0.15) is 0 Å². The second-order valence-electron chi connectivity index (χ2n) is 5.39. The Kier molecular flexibility index (Phi) is 11.1. The molecule has 0 saturated carbocycles. The van der Waals surface area contributed by atoms with Crippen LogP contribution in [-0.2, 0) is 4.79 Å². The fourth-order valence-corrected chi connectivity index (χ4v) is 1.82. The van der Waals surface area contributed by atoms with Crippen LogP contribution in [0.5, 0.6) is 0 Å². The number of carbonyl (C=O) groups is 1. The highest BCUT2D eigenvalue weighted by molar-refractivity contribution is 5.81. The highest BCUT2D eigenvalue weighted by atomic mass is 16.2. The molecular formula is C14H31N3O. The molecule has 0 radical (unpaired) electrons. The van der Waals surface area contributed by atoms with Gasteiger partial charge in [0.05, 0.1) is 6.04 Å². The highest BCUT2D eigenvalue weighted by Gasteiger charge is 2.11. The van der Waals surface area contributed by atoms with Crippen LogP contribution >= 0.6 is 0 Å². The molecule has 0 unspecified atom stereocenters. The second kappa shape index (κ2) is 11.5. The molecule has 1 atom stereocenters. The van der Waals surface area contributed by atoms with E-state index in [2.05, 4.69) is 24.5 Å². The Hall–Kier alpha value is -0.610. The van der Waals surface area contributed by atoms with Crippen molar-refractivity contribution in [3.63, 3.8) is 0 Å². The lowest BCUT2D eigenvalue weighted by molar-refractivity contribution is -0.122. The van der Waals surface area contributed by atoms with Gasteiger partial charge in [-0.2, -0.15) is 0 Å². The summed E-state index contributed by atoms with van der Waals surface area (Å²) in [5, 5.41) is 6.00. The van der Waals surface area contributed by atoms with Crippen LogP contribution in [0.25, 0.3) is 0 Å². The Morgan fingerprint density at radius 3 is 2.28 bits per heavy atom. The minimum atomic E-state index is -0.341. The molecule has 0 aromatic carbocycles. The van der Waals surface area contributed by atoms with Crippen molar-refractivity contribution in [1.82, 2.24) is 10.6 Å². The summed E-state index contributed by atoms with van der Waals surface area (Å²) in [5.41, 5.74) is 5.83. The zero-order valence-corrected chi connectivity index (χ0v) is 12.3. The molecule has 0 aromatic rings. The fraction of sp³-hybridized carbons (Fsp3) is 0.929. The van der Waals surface area contributed by atoms with Gasteiger partial charge in [-0.3, -0.25) is 4.79 Å². The smallest absolute Gasteiger partial charge is 0.236 e. The van der Waals surface area contributed by atoms with Gasteiger partial charge in [-0.05, 0) is 38.8 Å². The number of nitrogens with two attached hydrogens (primary N) is 1. The third-order valence-corrected chi connectivity index (χ3v) is 3.04. The molecule has 4 heteroatoms. The summed E-state index contributed by atoms with van der Waals surface area (Å²) >= 11 is 0. The van der Waals surface area contributed by atoms with Crippen LogP contribution in [0.15, 0.2) is 0 Å². The molecule has 0 saturated heterocycles. The van der Waals surface area contributed by atoms with Crippen LogP contribution in [0.3, 0.4) is 0 Å². The minimum absolute atomic E-state index is 0.00371. The van der Waals surface area contributed by atoms with E-state index in [0.717, 1.165) is 44.7 Å². The van der Waals surface area contributed by atoms with E-state index in [4.69, 9.17) is 5.73 Å². The van der Waals surface area contributed by atoms with Crippen molar-refractivity contribution in [3.05, 3.63) is 0 Å². The first-order chi connectivity index (χ1) is 8.57. The van der Waals surface area contributed by atoms with E-state index >= 15 is 0 Å². The van der Waals surface area contributed by atoms with Crippen LogP contribution in [-0.4, -0.2) is 32.1 Å². The number of carbonyl (C=O) groups excluding carboxylic acids is 1. The average Bonchev–Trinajstić information content (AvgIpc) is 2.33. The molecule has 0 aliphatic heterocycles. The standard InChI is InChI=1S/C14H31N3O/c1-12(2)8-4-7-11-17-14(18)13(15)9-5-6-10-16-3/h12-13,16H,4-11,15H2,1-3H3,(H,17,18)/t13-/m1/s1. The number of rotatable bonds is 11. The zero-order valence-electron chi connectivity index (χ0n) is 12.3. The molecule has 0 aliphatic carbocycles. The molecule has 18 heavy (non-hydrogen) atoms. The van der Waals surface area contributed by atoms with E-state index in [1.807, 2.05) is 7.05 Å². The van der Waals surface area contributed by atoms with E-state index in [0.29, 0.717) is 0 Å². The van der Waals surface area contributed by atoms with E-state index in [-0.39, 0.29) is 11.9 Å². The third kappa shape index (κ3) is 10.5. The second-order valence-corrected chi connectivity index (χ2v) is 5.39. The monoisotopic (exact) mass is 257 g/mol. The maximum atomic E-state index is 11.7. The summed E-state index contributed by atoms with van der Waals surface area (Å²) in [6.07, 6.45) is 6.31. The Labute approximate surface area is 112 Å². The van der Waals surface area contributed by atoms with Crippen LogP contribution in [0.4, 0.5) is 0 Å². The van der Waals surface area contributed by atoms with Gasteiger partial charge in [-0.25, -0.2) is 0 Å². The lowest BCUT2D eigenvalue weighted by atomic mass is 10.1. The molecule has 1 amide bonds. The maximum absolute atomic E-state index is 11.7. The van der Waals surface area contributed by atoms with Gasteiger partial charge in [0.25, 0.3) is 0 Å². The number of hydrogen-bond donors (Lipinski definition) is 3. The van der Waals surface area contributed by atoms with Gasteiger partial charge in [0, 0.05) is 6.54 Å². The Morgan fingerprint density at radius 1 is 1.06 bits per heavy atom. The summed E-state index contributed by atoms with van der Waals surface area (Å²) in [6, 6.07) is -0.341. The zero-order chi connectivity index (χ0) is 13.8. The summed E-state index contributed by atoms with van der Waals surface area (Å²) in [4.78, 5) is 11.7. The number of unbranched alkanes of at least 4 members (excludes halogenated alkanes) is 2. The normalized spacial score (nSPS) is 12.7. The molecule has 0 heterocycles. The van der Waals surface area contributed by atoms with Gasteiger partial charge >= 0.3 is 0 Å². The molecule has 0 fully saturated rings. The maximum Gasteiger partial charge on any atom is 0.236 e. The Bertz CT molecular complexity index is 207.